The summed E-state index contributed by atoms with van der Waals surface area (Å²) >= 11 is 8.77. The van der Waals surface area contributed by atoms with Crippen molar-refractivity contribution >= 4 is 92.6 Å². The fourth-order valence-electron chi connectivity index (χ4n) is 8.00. The van der Waals surface area contributed by atoms with Crippen LogP contribution in [0.15, 0.2) is 60.7 Å². The monoisotopic (exact) mass is 863 g/mol. The van der Waals surface area contributed by atoms with E-state index < -0.39 is 0 Å². The first-order valence-corrected chi connectivity index (χ1v) is 26.2. The zero-order valence-electron chi connectivity index (χ0n) is 35.2. The summed E-state index contributed by atoms with van der Waals surface area (Å²) in [5, 5.41) is 0. The number of thiophene rings is 4. The summed E-state index contributed by atoms with van der Waals surface area (Å²) in [7, 11) is 0. The highest BCUT2D eigenvalue weighted by atomic mass is 32.1. The Bertz CT molecular complexity index is 2300. The Kier molecular flexibility index (Phi) is 16.3. The van der Waals surface area contributed by atoms with Gasteiger partial charge in [0, 0.05) is 69.8 Å². The van der Waals surface area contributed by atoms with Crippen molar-refractivity contribution in [3.63, 3.8) is 0 Å². The topological polar surface area (TPSA) is 29.0 Å². The SMILES string of the molecule is CCCCCCCCN(CCCCCCCC)c1ccc(-c2cc3sc(-c4ccc(-c5cc6sc(C#CCC(CC)CCCC)cc6s5)c5nsnc45)cc3s2)cc1. The lowest BCUT2D eigenvalue weighted by atomic mass is 9.96. The van der Waals surface area contributed by atoms with E-state index in [4.69, 9.17) is 8.75 Å². The van der Waals surface area contributed by atoms with Gasteiger partial charge in [-0.3, -0.25) is 0 Å². The first kappa shape index (κ1) is 43.0. The molecule has 0 fully saturated rings. The summed E-state index contributed by atoms with van der Waals surface area (Å²) in [6, 6.07) is 23.4. The molecule has 0 spiro atoms. The maximum atomic E-state index is 4.85. The molecule has 0 radical (unpaired) electrons. The average Bonchev–Trinajstić information content (AvgIpc) is 4.08. The molecular formula is C50H61N3S5. The van der Waals surface area contributed by atoms with Crippen LogP contribution in [0, 0.1) is 17.8 Å². The maximum absolute atomic E-state index is 4.85. The van der Waals surface area contributed by atoms with E-state index in [-0.39, 0.29) is 0 Å². The van der Waals surface area contributed by atoms with Gasteiger partial charge >= 0.3 is 0 Å². The van der Waals surface area contributed by atoms with Crippen molar-refractivity contribution < 1.29 is 0 Å². The van der Waals surface area contributed by atoms with Crippen LogP contribution in [0.1, 0.15) is 142 Å². The van der Waals surface area contributed by atoms with Gasteiger partial charge in [0.15, 0.2) is 0 Å². The van der Waals surface area contributed by atoms with Gasteiger partial charge in [0.25, 0.3) is 0 Å². The summed E-state index contributed by atoms with van der Waals surface area (Å²) in [5.41, 5.74) is 7.07. The molecule has 0 amide bonds. The van der Waals surface area contributed by atoms with Crippen LogP contribution in [0.4, 0.5) is 5.69 Å². The van der Waals surface area contributed by atoms with Crippen molar-refractivity contribution in [3.05, 3.63) is 65.5 Å². The Hall–Kier alpha value is -3.06. The normalized spacial score (nSPS) is 12.2. The van der Waals surface area contributed by atoms with Gasteiger partial charge in [-0.05, 0) is 67.1 Å². The van der Waals surface area contributed by atoms with E-state index >= 15 is 0 Å². The number of aromatic nitrogens is 2. The molecule has 3 nitrogen and oxygen atoms in total. The van der Waals surface area contributed by atoms with Crippen molar-refractivity contribution in [2.45, 2.75) is 137 Å². The van der Waals surface area contributed by atoms with Gasteiger partial charge in [-0.15, -0.1) is 45.3 Å². The average molecular weight is 864 g/mol. The number of hydrogen-bond donors (Lipinski definition) is 0. The van der Waals surface area contributed by atoms with Gasteiger partial charge in [-0.25, -0.2) is 0 Å². The summed E-state index contributed by atoms with van der Waals surface area (Å²) < 4.78 is 15.0. The zero-order valence-corrected chi connectivity index (χ0v) is 39.3. The molecule has 0 aliphatic heterocycles. The highest BCUT2D eigenvalue weighted by Crippen LogP contribution is 2.46. The van der Waals surface area contributed by atoms with E-state index in [2.05, 4.69) is 105 Å². The van der Waals surface area contributed by atoms with Crippen LogP contribution in [0.25, 0.3) is 61.2 Å². The largest absolute Gasteiger partial charge is 0.372 e. The molecule has 2 aromatic carbocycles. The van der Waals surface area contributed by atoms with Crippen molar-refractivity contribution in [1.82, 2.24) is 8.75 Å². The maximum Gasteiger partial charge on any atom is 0.114 e. The molecular weight excluding hydrogens is 803 g/mol. The van der Waals surface area contributed by atoms with Crippen LogP contribution in [-0.4, -0.2) is 21.8 Å². The number of benzene rings is 2. The number of hydrogen-bond acceptors (Lipinski definition) is 8. The predicted molar refractivity (Wildman–Crippen MR) is 264 cm³/mol. The van der Waals surface area contributed by atoms with Crippen LogP contribution in [0.3, 0.4) is 0 Å². The highest BCUT2D eigenvalue weighted by Gasteiger charge is 2.19. The molecule has 8 heteroatoms. The lowest BCUT2D eigenvalue weighted by Gasteiger charge is -2.25. The summed E-state index contributed by atoms with van der Waals surface area (Å²) in [4.78, 5) is 7.70. The van der Waals surface area contributed by atoms with Gasteiger partial charge in [-0.1, -0.05) is 147 Å². The van der Waals surface area contributed by atoms with E-state index in [9.17, 15) is 0 Å². The summed E-state index contributed by atoms with van der Waals surface area (Å²) in [6.07, 6.45) is 22.2. The van der Waals surface area contributed by atoms with Crippen molar-refractivity contribution in [2.24, 2.45) is 5.92 Å². The molecule has 7 aromatic rings. The first-order chi connectivity index (χ1) is 28.6. The molecule has 5 heterocycles. The van der Waals surface area contributed by atoms with E-state index in [1.807, 2.05) is 45.3 Å². The van der Waals surface area contributed by atoms with Crippen LogP contribution in [0.2, 0.25) is 0 Å². The van der Waals surface area contributed by atoms with Gasteiger partial charge < -0.3 is 4.90 Å². The molecule has 7 rings (SSSR count). The molecule has 306 valence electrons. The second kappa shape index (κ2) is 22.0. The van der Waals surface area contributed by atoms with E-state index in [1.54, 1.807) is 0 Å². The van der Waals surface area contributed by atoms with Crippen LogP contribution in [0.5, 0.6) is 0 Å². The molecule has 58 heavy (non-hydrogen) atoms. The fourth-order valence-corrected chi connectivity index (χ4v) is 13.3. The zero-order chi connectivity index (χ0) is 40.1. The van der Waals surface area contributed by atoms with E-state index in [0.29, 0.717) is 0 Å². The lowest BCUT2D eigenvalue weighted by Crippen LogP contribution is -2.25. The molecule has 0 saturated heterocycles. The molecule has 1 unspecified atom stereocenters. The number of anilines is 1. The second-order valence-electron chi connectivity index (χ2n) is 16.0. The minimum atomic E-state index is 0.721. The van der Waals surface area contributed by atoms with Crippen molar-refractivity contribution in [1.29, 1.82) is 0 Å². The quantitative estimate of drug-likeness (QED) is 0.0474. The molecule has 0 bridgehead atoms. The van der Waals surface area contributed by atoms with Crippen molar-refractivity contribution in [2.75, 3.05) is 18.0 Å². The Morgan fingerprint density at radius 2 is 1.07 bits per heavy atom. The number of fused-ring (bicyclic) bond motifs is 3. The third-order valence-electron chi connectivity index (χ3n) is 11.6. The summed E-state index contributed by atoms with van der Waals surface area (Å²) in [6.45, 7) is 11.5. The number of rotatable bonds is 23. The highest BCUT2D eigenvalue weighted by molar-refractivity contribution is 7.31. The molecule has 0 N–H and O–H groups in total. The van der Waals surface area contributed by atoms with E-state index in [0.717, 1.165) is 23.4 Å². The standard InChI is InChI=1S/C50H61N3S5/c1-5-9-12-14-16-18-30-53(31-19-17-15-13-10-6-2)38-26-24-37(25-27-38)42-33-47-48(55-42)35-44(57-47)41-29-28-40(49-50(41)52-58-51-49)43-34-46-45(56-43)32-39(54-46)23-20-22-36(8-4)21-11-7-3/h24-29,32-36H,5-19,21-22,30-31H2,1-4H3. The molecule has 0 aliphatic rings. The van der Waals surface area contributed by atoms with Crippen LogP contribution in [-0.2, 0) is 0 Å². The third-order valence-corrected chi connectivity index (χ3v) is 16.7. The number of unbranched alkanes of at least 4 members (excludes halogenated alkanes) is 11. The molecule has 5 aromatic heterocycles. The van der Waals surface area contributed by atoms with Gasteiger partial charge in [-0.2, -0.15) is 8.75 Å². The fraction of sp³-hybridized carbons (Fsp3) is 0.480. The van der Waals surface area contributed by atoms with Crippen molar-refractivity contribution in [3.8, 4) is 43.2 Å². The predicted octanol–water partition coefficient (Wildman–Crippen LogP) is 17.7. The van der Waals surface area contributed by atoms with Crippen LogP contribution >= 0.6 is 57.1 Å². The van der Waals surface area contributed by atoms with Gasteiger partial charge in [0.1, 0.15) is 11.0 Å². The molecule has 0 aliphatic carbocycles. The first-order valence-electron chi connectivity index (χ1n) is 22.2. The lowest BCUT2D eigenvalue weighted by molar-refractivity contribution is 0.462. The molecule has 0 saturated carbocycles. The smallest absolute Gasteiger partial charge is 0.114 e. The van der Waals surface area contributed by atoms with Crippen LogP contribution < -0.4 is 4.90 Å². The summed E-state index contributed by atoms with van der Waals surface area (Å²) in [5.74, 6) is 7.69. The Balaban J connectivity index is 1.02. The second-order valence-corrected chi connectivity index (χ2v) is 20.9. The van der Waals surface area contributed by atoms with Gasteiger partial charge in [0.05, 0.1) is 16.6 Å². The third kappa shape index (κ3) is 11.0. The Labute approximate surface area is 368 Å². The Morgan fingerprint density at radius 1 is 0.552 bits per heavy atom. The minimum Gasteiger partial charge on any atom is -0.372 e. The Morgan fingerprint density at radius 3 is 1.64 bits per heavy atom. The minimum absolute atomic E-state index is 0.721. The van der Waals surface area contributed by atoms with Gasteiger partial charge in [0.2, 0.25) is 0 Å². The van der Waals surface area contributed by atoms with E-state index in [1.165, 1.54) is 188 Å². The molecule has 1 atom stereocenters. The number of nitrogens with zero attached hydrogens (tertiary/aromatic N) is 3.